The molecule has 35 heavy (non-hydrogen) atoms. The molecule has 0 unspecified atom stereocenters. The largest absolute Gasteiger partial charge is 0.378 e. The number of benzene rings is 2. The maximum absolute atomic E-state index is 12.9. The third-order valence-electron chi connectivity index (χ3n) is 6.88. The molecule has 2 fully saturated rings. The van der Waals surface area contributed by atoms with Crippen LogP contribution in [0.5, 0.6) is 0 Å². The first-order valence-corrected chi connectivity index (χ1v) is 11.8. The van der Waals surface area contributed by atoms with Gasteiger partial charge in [0.25, 0.3) is 11.8 Å². The lowest BCUT2D eigenvalue weighted by Crippen LogP contribution is -2.40. The smallest absolute Gasteiger partial charge is 0.255 e. The topological polar surface area (TPSA) is 96.0 Å². The number of carbonyl (C=O) groups excluding carboxylic acids is 4. The number of imide groups is 1. The van der Waals surface area contributed by atoms with Gasteiger partial charge in [0.1, 0.15) is 0 Å². The van der Waals surface area contributed by atoms with E-state index in [9.17, 15) is 19.2 Å². The van der Waals surface area contributed by atoms with Crippen molar-refractivity contribution in [2.75, 3.05) is 36.5 Å². The Kier molecular flexibility index (Phi) is 6.21. The minimum absolute atomic E-state index is 0.0975. The predicted octanol–water partition coefficient (Wildman–Crippen LogP) is 3.26. The Morgan fingerprint density at radius 3 is 2.40 bits per heavy atom. The predicted molar refractivity (Wildman–Crippen MR) is 130 cm³/mol. The van der Waals surface area contributed by atoms with Gasteiger partial charge in [0.15, 0.2) is 0 Å². The number of carbonyl (C=O) groups is 4. The molecular weight excluding hydrogens is 446 g/mol. The van der Waals surface area contributed by atoms with E-state index in [2.05, 4.69) is 5.32 Å². The van der Waals surface area contributed by atoms with Gasteiger partial charge in [-0.1, -0.05) is 17.7 Å². The van der Waals surface area contributed by atoms with E-state index in [1.807, 2.05) is 13.0 Å². The second-order valence-corrected chi connectivity index (χ2v) is 9.20. The van der Waals surface area contributed by atoms with Crippen molar-refractivity contribution in [3.05, 3.63) is 71.3 Å². The molecule has 0 bridgehead atoms. The number of anilines is 2. The first-order chi connectivity index (χ1) is 16.9. The molecule has 5 rings (SSSR count). The normalized spacial score (nSPS) is 22.0. The van der Waals surface area contributed by atoms with E-state index < -0.39 is 0 Å². The van der Waals surface area contributed by atoms with Crippen LogP contribution in [0.1, 0.15) is 40.5 Å². The van der Waals surface area contributed by atoms with Crippen LogP contribution in [0, 0.1) is 11.8 Å². The molecule has 2 aromatic carbocycles. The second-order valence-electron chi connectivity index (χ2n) is 9.20. The lowest BCUT2D eigenvalue weighted by atomic mass is 9.82. The van der Waals surface area contributed by atoms with E-state index in [-0.39, 0.29) is 35.5 Å². The summed E-state index contributed by atoms with van der Waals surface area (Å²) in [5.41, 5.74) is 3.00. The number of hydrogen-bond donors (Lipinski definition) is 1. The molecule has 2 aromatic rings. The minimum Gasteiger partial charge on any atom is -0.378 e. The Morgan fingerprint density at radius 2 is 1.66 bits per heavy atom. The van der Waals surface area contributed by atoms with Crippen LogP contribution in [0.2, 0.25) is 0 Å². The van der Waals surface area contributed by atoms with E-state index in [1.165, 1.54) is 4.90 Å². The third-order valence-corrected chi connectivity index (χ3v) is 6.88. The summed E-state index contributed by atoms with van der Waals surface area (Å²) in [7, 11) is 0. The van der Waals surface area contributed by atoms with Gasteiger partial charge in [-0.3, -0.25) is 24.1 Å². The number of amides is 4. The summed E-state index contributed by atoms with van der Waals surface area (Å²) in [6, 6.07) is 13.3. The van der Waals surface area contributed by atoms with Crippen molar-refractivity contribution in [1.82, 2.24) is 4.90 Å². The highest BCUT2D eigenvalue weighted by Crippen LogP contribution is 2.39. The average Bonchev–Trinajstić information content (AvgIpc) is 3.13. The minimum atomic E-state index is -0.347. The first kappa shape index (κ1) is 23.0. The van der Waals surface area contributed by atoms with Crippen molar-refractivity contribution in [2.45, 2.75) is 19.8 Å². The van der Waals surface area contributed by atoms with E-state index >= 15 is 0 Å². The lowest BCUT2D eigenvalue weighted by Gasteiger charge is -2.27. The van der Waals surface area contributed by atoms with Crippen molar-refractivity contribution in [2.24, 2.45) is 11.8 Å². The maximum Gasteiger partial charge on any atom is 0.255 e. The van der Waals surface area contributed by atoms with Crippen LogP contribution in [0.25, 0.3) is 0 Å². The number of morpholine rings is 1. The summed E-state index contributed by atoms with van der Waals surface area (Å²) < 4.78 is 5.30. The molecule has 1 aliphatic carbocycles. The van der Waals surface area contributed by atoms with E-state index in [1.54, 1.807) is 53.4 Å². The molecule has 2 heterocycles. The van der Waals surface area contributed by atoms with Gasteiger partial charge in [-0.25, -0.2) is 0 Å². The molecule has 1 N–H and O–H groups in total. The van der Waals surface area contributed by atoms with Gasteiger partial charge < -0.3 is 15.0 Å². The Hall–Kier alpha value is -3.78. The monoisotopic (exact) mass is 473 g/mol. The van der Waals surface area contributed by atoms with Crippen LogP contribution in [0.15, 0.2) is 60.2 Å². The molecule has 0 spiro atoms. The highest BCUT2D eigenvalue weighted by molar-refractivity contribution is 6.22. The Labute approximate surface area is 203 Å². The summed E-state index contributed by atoms with van der Waals surface area (Å²) in [5, 5.41) is 2.82. The summed E-state index contributed by atoms with van der Waals surface area (Å²) in [5.74, 6) is -1.40. The SMILES string of the molecule is CC1=CC[C@@H]2C(=O)N(c3ccc(C(=O)Nc4cccc(C(=O)N5CCOCC5)c4)cc3)C(=O)[C@@H]2C1. The van der Waals surface area contributed by atoms with Gasteiger partial charge in [-0.15, -0.1) is 0 Å². The summed E-state index contributed by atoms with van der Waals surface area (Å²) in [6.45, 7) is 4.11. The third kappa shape index (κ3) is 4.49. The number of rotatable bonds is 4. The molecule has 2 atom stereocenters. The van der Waals surface area contributed by atoms with Crippen LogP contribution in [-0.2, 0) is 14.3 Å². The van der Waals surface area contributed by atoms with Crippen molar-refractivity contribution >= 4 is 35.0 Å². The number of ether oxygens (including phenoxy) is 1. The van der Waals surface area contributed by atoms with E-state index in [0.29, 0.717) is 61.6 Å². The standard InChI is InChI=1S/C27H27N3O5/c1-17-5-10-22-23(15-17)27(34)30(26(22)33)21-8-6-18(7-9-21)24(31)28-20-4-2-3-19(16-20)25(32)29-11-13-35-14-12-29/h2-9,16,22-23H,10-15H2,1H3,(H,28,31)/t22-,23+/m0/s1. The highest BCUT2D eigenvalue weighted by Gasteiger charge is 2.48. The molecule has 4 amide bonds. The van der Waals surface area contributed by atoms with Crippen LogP contribution < -0.4 is 10.2 Å². The fraction of sp³-hybridized carbons (Fsp3) is 0.333. The van der Waals surface area contributed by atoms with E-state index in [4.69, 9.17) is 4.74 Å². The zero-order valence-electron chi connectivity index (χ0n) is 19.5. The molecule has 0 radical (unpaired) electrons. The van der Waals surface area contributed by atoms with Gasteiger partial charge in [-0.05, 0) is 62.2 Å². The Morgan fingerprint density at radius 1 is 0.943 bits per heavy atom. The van der Waals surface area contributed by atoms with Crippen molar-refractivity contribution in [3.8, 4) is 0 Å². The molecule has 180 valence electrons. The van der Waals surface area contributed by atoms with Crippen LogP contribution in [0.4, 0.5) is 11.4 Å². The highest BCUT2D eigenvalue weighted by atomic mass is 16.5. The molecular formula is C27H27N3O5. The fourth-order valence-corrected chi connectivity index (χ4v) is 4.94. The molecule has 2 saturated heterocycles. The number of nitrogens with one attached hydrogen (secondary N) is 1. The van der Waals surface area contributed by atoms with Crippen molar-refractivity contribution in [1.29, 1.82) is 0 Å². The molecule has 0 aromatic heterocycles. The molecule has 8 nitrogen and oxygen atoms in total. The summed E-state index contributed by atoms with van der Waals surface area (Å²) in [6.07, 6.45) is 3.23. The molecule has 2 aliphatic heterocycles. The van der Waals surface area contributed by atoms with Gasteiger partial charge in [0, 0.05) is 29.9 Å². The number of allylic oxidation sites excluding steroid dienone is 2. The lowest BCUT2D eigenvalue weighted by molar-refractivity contribution is -0.122. The number of fused-ring (bicyclic) bond motifs is 1. The first-order valence-electron chi connectivity index (χ1n) is 11.8. The maximum atomic E-state index is 12.9. The Bertz CT molecular complexity index is 1210. The van der Waals surface area contributed by atoms with Gasteiger partial charge in [0.05, 0.1) is 30.7 Å². The van der Waals surface area contributed by atoms with E-state index in [0.717, 1.165) is 5.57 Å². The van der Waals surface area contributed by atoms with Crippen LogP contribution in [0.3, 0.4) is 0 Å². The van der Waals surface area contributed by atoms with Gasteiger partial charge >= 0.3 is 0 Å². The van der Waals surface area contributed by atoms with Gasteiger partial charge in [-0.2, -0.15) is 0 Å². The van der Waals surface area contributed by atoms with Crippen molar-refractivity contribution < 1.29 is 23.9 Å². The zero-order chi connectivity index (χ0) is 24.5. The number of nitrogens with zero attached hydrogens (tertiary/aromatic N) is 2. The number of hydrogen-bond acceptors (Lipinski definition) is 5. The summed E-state index contributed by atoms with van der Waals surface area (Å²) >= 11 is 0. The molecule has 8 heteroatoms. The molecule has 0 saturated carbocycles. The van der Waals surface area contributed by atoms with Crippen molar-refractivity contribution in [3.63, 3.8) is 0 Å². The quantitative estimate of drug-likeness (QED) is 0.543. The second kappa shape index (κ2) is 9.46. The average molecular weight is 474 g/mol. The summed E-state index contributed by atoms with van der Waals surface area (Å²) in [4.78, 5) is 54.3. The molecule has 3 aliphatic rings. The van der Waals surface area contributed by atoms with Crippen LogP contribution >= 0.6 is 0 Å². The zero-order valence-corrected chi connectivity index (χ0v) is 19.5. The van der Waals surface area contributed by atoms with Gasteiger partial charge in [0.2, 0.25) is 11.8 Å². The fourth-order valence-electron chi connectivity index (χ4n) is 4.94. The van der Waals surface area contributed by atoms with Crippen LogP contribution in [-0.4, -0.2) is 54.8 Å². The Balaban J connectivity index is 1.27.